The van der Waals surface area contributed by atoms with Crippen LogP contribution in [0.5, 0.6) is 5.75 Å². The molecule has 0 spiro atoms. The van der Waals surface area contributed by atoms with Gasteiger partial charge >= 0.3 is 18.3 Å². The highest BCUT2D eigenvalue weighted by molar-refractivity contribution is 6.31. The molecule has 2 heterocycles. The number of halogens is 7. The van der Waals surface area contributed by atoms with Crippen molar-refractivity contribution < 1.29 is 41.0 Å². The van der Waals surface area contributed by atoms with Crippen LogP contribution in [0.3, 0.4) is 0 Å². The molecule has 6 nitrogen and oxygen atoms in total. The first-order chi connectivity index (χ1) is 19.7. The molecule has 1 atom stereocenters. The Morgan fingerprint density at radius 1 is 1.02 bits per heavy atom. The van der Waals surface area contributed by atoms with Crippen LogP contribution >= 0.6 is 11.6 Å². The predicted octanol–water partition coefficient (Wildman–Crippen LogP) is 8.37. The molecular weight excluding hydrogens is 588 g/mol. The van der Waals surface area contributed by atoms with Crippen LogP contribution in [-0.4, -0.2) is 38.6 Å². The van der Waals surface area contributed by atoms with Crippen LogP contribution in [0.4, 0.5) is 26.3 Å². The fourth-order valence-electron chi connectivity index (χ4n) is 4.54. The molecule has 0 aliphatic heterocycles. The second-order valence-electron chi connectivity index (χ2n) is 9.52. The highest BCUT2D eigenvalue weighted by Crippen LogP contribution is 2.37. The number of aromatic nitrogens is 3. The van der Waals surface area contributed by atoms with Crippen molar-refractivity contribution in [2.45, 2.75) is 44.5 Å². The number of carboxylic acid groups (broad SMARTS) is 1. The monoisotopic (exact) mass is 611 g/mol. The summed E-state index contributed by atoms with van der Waals surface area (Å²) in [5.74, 6) is -1.74. The van der Waals surface area contributed by atoms with Gasteiger partial charge in [0.2, 0.25) is 0 Å². The molecule has 42 heavy (non-hydrogen) atoms. The Hall–Kier alpha value is -4.06. The predicted molar refractivity (Wildman–Crippen MR) is 143 cm³/mol. The lowest BCUT2D eigenvalue weighted by Crippen LogP contribution is -2.18. The van der Waals surface area contributed by atoms with Gasteiger partial charge in [0, 0.05) is 17.0 Å². The van der Waals surface area contributed by atoms with Gasteiger partial charge in [0.05, 0.1) is 18.5 Å². The molecule has 1 unspecified atom stereocenters. The number of rotatable bonds is 10. The van der Waals surface area contributed by atoms with E-state index < -0.39 is 36.0 Å². The number of nitrogens with zero attached hydrogens (tertiary/aromatic N) is 3. The fourth-order valence-corrected chi connectivity index (χ4v) is 4.90. The van der Waals surface area contributed by atoms with E-state index in [1.807, 2.05) is 6.92 Å². The van der Waals surface area contributed by atoms with Crippen molar-refractivity contribution in [3.05, 3.63) is 94.3 Å². The van der Waals surface area contributed by atoms with Crippen molar-refractivity contribution in [2.75, 3.05) is 6.61 Å². The van der Waals surface area contributed by atoms with Crippen molar-refractivity contribution in [1.29, 1.82) is 0 Å². The van der Waals surface area contributed by atoms with E-state index in [0.717, 1.165) is 5.56 Å². The number of alkyl halides is 6. The third-order valence-corrected chi connectivity index (χ3v) is 6.71. The minimum absolute atomic E-state index is 0.0646. The lowest BCUT2D eigenvalue weighted by Gasteiger charge is -2.19. The zero-order valence-electron chi connectivity index (χ0n) is 22.0. The molecule has 222 valence electrons. The summed E-state index contributed by atoms with van der Waals surface area (Å²) < 4.78 is 84.1. The van der Waals surface area contributed by atoms with Gasteiger partial charge in [-0.3, -0.25) is 0 Å². The van der Waals surface area contributed by atoms with E-state index in [-0.39, 0.29) is 24.8 Å². The molecule has 0 aliphatic carbocycles. The van der Waals surface area contributed by atoms with E-state index >= 15 is 0 Å². The molecule has 0 amide bonds. The minimum Gasteiger partial charge on any atom is -0.494 e. The number of hydrogen-bond acceptors (Lipinski definition) is 4. The zero-order chi connectivity index (χ0) is 30.7. The first-order valence-corrected chi connectivity index (χ1v) is 13.1. The lowest BCUT2D eigenvalue weighted by atomic mass is 9.89. The van der Waals surface area contributed by atoms with Gasteiger partial charge in [-0.25, -0.2) is 14.5 Å². The summed E-state index contributed by atoms with van der Waals surface area (Å²) in [5, 5.41) is 13.3. The van der Waals surface area contributed by atoms with Gasteiger partial charge in [0.1, 0.15) is 11.3 Å². The number of carboxylic acids is 1. The summed E-state index contributed by atoms with van der Waals surface area (Å²) >= 11 is 6.59. The Balaban J connectivity index is 1.58. The number of benzene rings is 2. The molecule has 2 aromatic carbocycles. The quantitative estimate of drug-likeness (QED) is 0.144. The second kappa shape index (κ2) is 12.4. The van der Waals surface area contributed by atoms with Crippen LogP contribution < -0.4 is 4.74 Å². The summed E-state index contributed by atoms with van der Waals surface area (Å²) in [7, 11) is 0. The third-order valence-electron chi connectivity index (χ3n) is 6.38. The van der Waals surface area contributed by atoms with Crippen LogP contribution in [0, 0.1) is 0 Å². The average Bonchev–Trinajstić information content (AvgIpc) is 3.38. The molecule has 1 N–H and O–H groups in total. The van der Waals surface area contributed by atoms with Gasteiger partial charge in [-0.15, -0.1) is 0 Å². The molecule has 4 rings (SSSR count). The lowest BCUT2D eigenvalue weighted by molar-refractivity contribution is -0.143. The van der Waals surface area contributed by atoms with Crippen molar-refractivity contribution in [2.24, 2.45) is 0 Å². The van der Waals surface area contributed by atoms with Gasteiger partial charge < -0.3 is 9.84 Å². The Bertz CT molecular complexity index is 1550. The SMILES string of the molecule is CC(Cc1ccc(OCCCC(F)(F)F)cc1)c1c(Cl)cccc1-c1cccc(-n2ncc(C(=O)O)c2C(F)(F)F)n1. The third kappa shape index (κ3) is 7.41. The van der Waals surface area contributed by atoms with Crippen LogP contribution in [0.1, 0.15) is 52.9 Å². The fraction of sp³-hybridized carbons (Fsp3) is 0.276. The molecule has 0 bridgehead atoms. The maximum atomic E-state index is 13.8. The first-order valence-electron chi connectivity index (χ1n) is 12.7. The first kappa shape index (κ1) is 30.9. The van der Waals surface area contributed by atoms with Crippen LogP contribution in [0.2, 0.25) is 5.02 Å². The highest BCUT2D eigenvalue weighted by Gasteiger charge is 2.41. The van der Waals surface area contributed by atoms with Gasteiger partial charge in [-0.05, 0) is 60.2 Å². The van der Waals surface area contributed by atoms with E-state index in [1.165, 1.54) is 12.1 Å². The van der Waals surface area contributed by atoms with Gasteiger partial charge in [-0.1, -0.05) is 48.9 Å². The largest absolute Gasteiger partial charge is 0.494 e. The van der Waals surface area contributed by atoms with Gasteiger partial charge in [-0.2, -0.15) is 31.4 Å². The maximum absolute atomic E-state index is 13.8. The van der Waals surface area contributed by atoms with E-state index in [4.69, 9.17) is 16.3 Å². The van der Waals surface area contributed by atoms with Crippen molar-refractivity contribution in [3.8, 4) is 22.8 Å². The van der Waals surface area contributed by atoms with Crippen LogP contribution in [-0.2, 0) is 12.6 Å². The van der Waals surface area contributed by atoms with Crippen LogP contribution in [0.15, 0.2) is 66.9 Å². The molecule has 0 aliphatic rings. The number of pyridine rings is 1. The molecule has 13 heteroatoms. The van der Waals surface area contributed by atoms with E-state index in [1.54, 1.807) is 48.5 Å². The smallest absolute Gasteiger partial charge is 0.434 e. The molecule has 0 fully saturated rings. The summed E-state index contributed by atoms with van der Waals surface area (Å²) in [5.41, 5.74) is 0.0153. The number of hydrogen-bond donors (Lipinski definition) is 1. The maximum Gasteiger partial charge on any atom is 0.434 e. The Labute approximate surface area is 241 Å². The van der Waals surface area contributed by atoms with E-state index in [2.05, 4.69) is 10.1 Å². The summed E-state index contributed by atoms with van der Waals surface area (Å²) in [4.78, 5) is 15.8. The van der Waals surface area contributed by atoms with Crippen molar-refractivity contribution in [1.82, 2.24) is 14.8 Å². The summed E-state index contributed by atoms with van der Waals surface area (Å²) in [6.45, 7) is 1.86. The average molecular weight is 612 g/mol. The molecule has 4 aromatic rings. The van der Waals surface area contributed by atoms with Gasteiger partial charge in [0.15, 0.2) is 11.5 Å². The molecular formula is C29H24ClF6N3O3. The topological polar surface area (TPSA) is 77.2 Å². The summed E-state index contributed by atoms with van der Waals surface area (Å²) in [6, 6.07) is 16.4. The molecule has 2 aromatic heterocycles. The minimum atomic E-state index is -5.00. The number of carbonyl (C=O) groups is 1. The number of aromatic carboxylic acids is 1. The number of ether oxygens (including phenoxy) is 1. The van der Waals surface area contributed by atoms with Crippen molar-refractivity contribution >= 4 is 17.6 Å². The molecule has 0 radical (unpaired) electrons. The second-order valence-corrected chi connectivity index (χ2v) is 9.93. The molecule has 0 saturated carbocycles. The highest BCUT2D eigenvalue weighted by atomic mass is 35.5. The standard InChI is InChI=1S/C29H24ClF6N3O3/c1-17(15-18-9-11-19(12-10-18)42-14-4-13-28(31,32)33)25-20(5-2-6-22(25)30)23-7-3-8-24(38-23)39-26(29(34,35)36)21(16-37-39)27(40)41/h2-3,5-12,16-17H,4,13-15H2,1H3,(H,40,41). The van der Waals surface area contributed by atoms with E-state index in [0.29, 0.717) is 44.9 Å². The van der Waals surface area contributed by atoms with Gasteiger partial charge in [0.25, 0.3) is 0 Å². The Morgan fingerprint density at radius 3 is 2.36 bits per heavy atom. The summed E-state index contributed by atoms with van der Waals surface area (Å²) in [6.07, 6.45) is -9.16. The Morgan fingerprint density at radius 2 is 1.71 bits per heavy atom. The van der Waals surface area contributed by atoms with Crippen LogP contribution in [0.25, 0.3) is 17.1 Å². The molecule has 0 saturated heterocycles. The van der Waals surface area contributed by atoms with E-state index in [9.17, 15) is 36.2 Å². The van der Waals surface area contributed by atoms with Crippen molar-refractivity contribution in [3.63, 3.8) is 0 Å². The normalized spacial score (nSPS) is 12.8. The Kier molecular flexibility index (Phi) is 9.15. The zero-order valence-corrected chi connectivity index (χ0v) is 22.8.